The normalized spacial score (nSPS) is 10.3. The van der Waals surface area contributed by atoms with E-state index in [2.05, 4.69) is 18.0 Å². The molecule has 92 valence electrons. The molecule has 0 aliphatic heterocycles. The number of rotatable bonds is 3. The quantitative estimate of drug-likeness (QED) is 0.896. The van der Waals surface area contributed by atoms with Gasteiger partial charge in [0.1, 0.15) is 0 Å². The molecule has 0 fully saturated rings. The van der Waals surface area contributed by atoms with Crippen LogP contribution in [0.3, 0.4) is 0 Å². The minimum absolute atomic E-state index is 0.389. The lowest BCUT2D eigenvalue weighted by atomic mass is 9.99. The van der Waals surface area contributed by atoms with Crippen LogP contribution in [-0.4, -0.2) is 10.9 Å². The Balaban J connectivity index is 2.45. The van der Waals surface area contributed by atoms with Crippen molar-refractivity contribution in [1.29, 1.82) is 0 Å². The molecule has 0 atom stereocenters. The molecule has 2 rings (SSSR count). The number of hydrogen-bond acceptors (Lipinski definition) is 2. The predicted octanol–water partition coefficient (Wildman–Crippen LogP) is 2.72. The van der Waals surface area contributed by atoms with Crippen LogP contribution in [0.2, 0.25) is 0 Å². The summed E-state index contributed by atoms with van der Waals surface area (Å²) in [5.41, 5.74) is 10.1. The summed E-state index contributed by atoms with van der Waals surface area (Å²) in [5, 5.41) is 0. The van der Waals surface area contributed by atoms with E-state index in [-0.39, 0.29) is 5.91 Å². The molecule has 3 nitrogen and oxygen atoms in total. The number of aromatic nitrogens is 1. The highest BCUT2D eigenvalue weighted by Crippen LogP contribution is 2.22. The summed E-state index contributed by atoms with van der Waals surface area (Å²) in [5.74, 6) is -0.389. The van der Waals surface area contributed by atoms with Crippen molar-refractivity contribution >= 4 is 5.91 Å². The Morgan fingerprint density at radius 3 is 2.61 bits per heavy atom. The first kappa shape index (κ1) is 12.3. The minimum Gasteiger partial charge on any atom is -0.366 e. The molecule has 1 heterocycles. The van der Waals surface area contributed by atoms with E-state index >= 15 is 0 Å². The molecule has 0 aliphatic carbocycles. The molecule has 0 aliphatic rings. The van der Waals surface area contributed by atoms with Crippen molar-refractivity contribution in [3.63, 3.8) is 0 Å². The van der Waals surface area contributed by atoms with Crippen LogP contribution in [0.5, 0.6) is 0 Å². The van der Waals surface area contributed by atoms with Crippen molar-refractivity contribution in [3.8, 4) is 11.1 Å². The van der Waals surface area contributed by atoms with E-state index in [1.54, 1.807) is 6.07 Å². The van der Waals surface area contributed by atoms with Gasteiger partial charge in [0.25, 0.3) is 0 Å². The molecule has 0 unspecified atom stereocenters. The lowest BCUT2D eigenvalue weighted by Gasteiger charge is -2.07. The summed E-state index contributed by atoms with van der Waals surface area (Å²) in [7, 11) is 0. The topological polar surface area (TPSA) is 56.0 Å². The van der Waals surface area contributed by atoms with E-state index in [1.807, 2.05) is 31.5 Å². The number of carbonyl (C=O) groups excluding carboxylic acids is 1. The summed E-state index contributed by atoms with van der Waals surface area (Å²) < 4.78 is 0. The minimum atomic E-state index is -0.389. The number of nitrogens with zero attached hydrogens (tertiary/aromatic N) is 1. The van der Waals surface area contributed by atoms with Gasteiger partial charge in [-0.05, 0) is 42.2 Å². The van der Waals surface area contributed by atoms with Gasteiger partial charge >= 0.3 is 0 Å². The molecule has 0 saturated heterocycles. The van der Waals surface area contributed by atoms with Crippen LogP contribution < -0.4 is 5.73 Å². The predicted molar refractivity (Wildman–Crippen MR) is 72.3 cm³/mol. The Kier molecular flexibility index (Phi) is 3.42. The van der Waals surface area contributed by atoms with Crippen LogP contribution in [0, 0.1) is 6.92 Å². The molecule has 0 spiro atoms. The third kappa shape index (κ3) is 2.40. The van der Waals surface area contributed by atoms with Gasteiger partial charge in [-0.2, -0.15) is 0 Å². The molecule has 2 aromatic rings. The van der Waals surface area contributed by atoms with Crippen molar-refractivity contribution in [2.24, 2.45) is 5.73 Å². The summed E-state index contributed by atoms with van der Waals surface area (Å²) in [6.07, 6.45) is 4.66. The van der Waals surface area contributed by atoms with Crippen LogP contribution in [-0.2, 0) is 6.42 Å². The van der Waals surface area contributed by atoms with E-state index in [9.17, 15) is 4.79 Å². The number of primary amides is 1. The van der Waals surface area contributed by atoms with Gasteiger partial charge in [0.15, 0.2) is 0 Å². The summed E-state index contributed by atoms with van der Waals surface area (Å²) in [4.78, 5) is 15.4. The Labute approximate surface area is 107 Å². The molecule has 18 heavy (non-hydrogen) atoms. The molecule has 1 amide bonds. The molecule has 0 bridgehead atoms. The number of nitrogens with two attached hydrogens (primary N) is 1. The summed E-state index contributed by atoms with van der Waals surface area (Å²) >= 11 is 0. The van der Waals surface area contributed by atoms with Crippen LogP contribution >= 0.6 is 0 Å². The number of aryl methyl sites for hydroxylation is 2. The highest BCUT2D eigenvalue weighted by molar-refractivity contribution is 5.94. The fourth-order valence-corrected chi connectivity index (χ4v) is 1.96. The molecule has 1 aromatic carbocycles. The SMILES string of the molecule is CCc1cncc(-c2ccc(C(N)=O)c(C)c2)c1. The second-order valence-corrected chi connectivity index (χ2v) is 4.33. The Morgan fingerprint density at radius 2 is 2.00 bits per heavy atom. The van der Waals surface area contributed by atoms with Gasteiger partial charge in [-0.15, -0.1) is 0 Å². The third-order valence-electron chi connectivity index (χ3n) is 3.03. The fourth-order valence-electron chi connectivity index (χ4n) is 1.96. The average molecular weight is 240 g/mol. The van der Waals surface area contributed by atoms with Crippen LogP contribution in [0.1, 0.15) is 28.4 Å². The van der Waals surface area contributed by atoms with Crippen molar-refractivity contribution in [2.45, 2.75) is 20.3 Å². The van der Waals surface area contributed by atoms with Crippen molar-refractivity contribution in [2.75, 3.05) is 0 Å². The molecule has 0 radical (unpaired) electrons. The van der Waals surface area contributed by atoms with Gasteiger partial charge in [-0.3, -0.25) is 9.78 Å². The van der Waals surface area contributed by atoms with Gasteiger partial charge < -0.3 is 5.73 Å². The van der Waals surface area contributed by atoms with Gasteiger partial charge in [0.05, 0.1) is 0 Å². The maximum absolute atomic E-state index is 11.2. The van der Waals surface area contributed by atoms with E-state index in [1.165, 1.54) is 5.56 Å². The Hall–Kier alpha value is -2.16. The fraction of sp³-hybridized carbons (Fsp3) is 0.200. The van der Waals surface area contributed by atoms with Crippen LogP contribution in [0.25, 0.3) is 11.1 Å². The van der Waals surface area contributed by atoms with Crippen LogP contribution in [0.15, 0.2) is 36.7 Å². The Morgan fingerprint density at radius 1 is 1.22 bits per heavy atom. The molecular formula is C15H16N2O. The Bertz CT molecular complexity index is 591. The lowest BCUT2D eigenvalue weighted by molar-refractivity contribution is 0.1000. The molecule has 1 aromatic heterocycles. The van der Waals surface area contributed by atoms with Gasteiger partial charge in [-0.1, -0.05) is 19.1 Å². The van der Waals surface area contributed by atoms with E-state index in [0.29, 0.717) is 5.56 Å². The van der Waals surface area contributed by atoms with E-state index in [4.69, 9.17) is 5.73 Å². The van der Waals surface area contributed by atoms with Gasteiger partial charge in [0.2, 0.25) is 5.91 Å². The number of carbonyl (C=O) groups is 1. The first-order chi connectivity index (χ1) is 8.61. The van der Waals surface area contributed by atoms with Crippen LogP contribution in [0.4, 0.5) is 0 Å². The highest BCUT2D eigenvalue weighted by Gasteiger charge is 2.06. The smallest absolute Gasteiger partial charge is 0.248 e. The van der Waals surface area contributed by atoms with Crippen molar-refractivity contribution in [3.05, 3.63) is 53.3 Å². The number of amides is 1. The first-order valence-electron chi connectivity index (χ1n) is 5.96. The van der Waals surface area contributed by atoms with E-state index < -0.39 is 0 Å². The maximum atomic E-state index is 11.2. The molecule has 0 saturated carbocycles. The number of pyridine rings is 1. The maximum Gasteiger partial charge on any atom is 0.248 e. The second kappa shape index (κ2) is 5.00. The van der Waals surface area contributed by atoms with Crippen molar-refractivity contribution < 1.29 is 4.79 Å². The molecule has 2 N–H and O–H groups in total. The average Bonchev–Trinajstić information content (AvgIpc) is 2.38. The lowest BCUT2D eigenvalue weighted by Crippen LogP contribution is -2.12. The number of benzene rings is 1. The molecular weight excluding hydrogens is 224 g/mol. The van der Waals surface area contributed by atoms with Gasteiger partial charge in [-0.25, -0.2) is 0 Å². The number of hydrogen-bond donors (Lipinski definition) is 1. The zero-order chi connectivity index (χ0) is 13.1. The zero-order valence-electron chi connectivity index (χ0n) is 10.6. The van der Waals surface area contributed by atoms with Crippen molar-refractivity contribution in [1.82, 2.24) is 4.98 Å². The second-order valence-electron chi connectivity index (χ2n) is 4.33. The van der Waals surface area contributed by atoms with Gasteiger partial charge in [0, 0.05) is 23.5 Å². The molecule has 3 heteroatoms. The standard InChI is InChI=1S/C15H16N2O/c1-3-11-7-13(9-17-8-11)12-4-5-14(15(16)18)10(2)6-12/h4-9H,3H2,1-2H3,(H2,16,18). The largest absolute Gasteiger partial charge is 0.366 e. The first-order valence-corrected chi connectivity index (χ1v) is 5.96. The summed E-state index contributed by atoms with van der Waals surface area (Å²) in [6.45, 7) is 3.99. The monoisotopic (exact) mass is 240 g/mol. The summed E-state index contributed by atoms with van der Waals surface area (Å²) in [6, 6.07) is 7.76. The third-order valence-corrected chi connectivity index (χ3v) is 3.03. The zero-order valence-corrected chi connectivity index (χ0v) is 10.6. The highest BCUT2D eigenvalue weighted by atomic mass is 16.1. The van der Waals surface area contributed by atoms with E-state index in [0.717, 1.165) is 23.1 Å².